The Morgan fingerprint density at radius 1 is 1.14 bits per heavy atom. The highest BCUT2D eigenvalue weighted by atomic mass is 19.1. The van der Waals surface area contributed by atoms with Gasteiger partial charge in [0.1, 0.15) is 17.2 Å². The first-order valence-corrected chi connectivity index (χ1v) is 12.1. The summed E-state index contributed by atoms with van der Waals surface area (Å²) in [6.45, 7) is 8.28. The van der Waals surface area contributed by atoms with Crippen LogP contribution in [0.5, 0.6) is 0 Å². The Bertz CT molecular complexity index is 1180. The molecule has 2 aliphatic heterocycles. The number of nitrogens with one attached hydrogen (secondary N) is 1. The zero-order chi connectivity index (χ0) is 26.9. The van der Waals surface area contributed by atoms with Crippen LogP contribution in [0.1, 0.15) is 50.8 Å². The second-order valence-electron chi connectivity index (χ2n) is 10.4. The molecule has 3 amide bonds. The molecule has 10 nitrogen and oxygen atoms in total. The van der Waals surface area contributed by atoms with Gasteiger partial charge in [-0.25, -0.2) is 14.2 Å². The number of piperazine rings is 1. The van der Waals surface area contributed by atoms with Gasteiger partial charge in [0, 0.05) is 30.6 Å². The number of benzene rings is 1. The standard InChI is InChI=1S/C26H32FN5O5/c1-15-11-32(24(34)23(33)30-19-9-20(17-13-36-14-17)22(28)29-10-19)21(16-5-7-18(27)8-6-16)12-31(15)25(35)37-26(2,3)4/h5-10,15,17,21H,11-14H2,1-4H3,(H2,28,29)(H,30,33)/t15-,21+/m0/s1. The summed E-state index contributed by atoms with van der Waals surface area (Å²) in [6, 6.07) is 6.22. The third-order valence-electron chi connectivity index (χ3n) is 6.36. The van der Waals surface area contributed by atoms with E-state index in [-0.39, 0.29) is 19.0 Å². The van der Waals surface area contributed by atoms with Gasteiger partial charge in [0.25, 0.3) is 0 Å². The van der Waals surface area contributed by atoms with Crippen LogP contribution in [-0.4, -0.2) is 70.6 Å². The van der Waals surface area contributed by atoms with Crippen molar-refractivity contribution in [2.24, 2.45) is 0 Å². The van der Waals surface area contributed by atoms with Gasteiger partial charge in [-0.1, -0.05) is 12.1 Å². The van der Waals surface area contributed by atoms with E-state index < -0.39 is 41.4 Å². The van der Waals surface area contributed by atoms with E-state index in [1.165, 1.54) is 40.3 Å². The number of nitrogens with two attached hydrogens (primary N) is 1. The van der Waals surface area contributed by atoms with E-state index in [1.807, 2.05) is 0 Å². The third-order valence-corrected chi connectivity index (χ3v) is 6.36. The summed E-state index contributed by atoms with van der Waals surface area (Å²) in [5.74, 6) is -1.63. The lowest BCUT2D eigenvalue weighted by Gasteiger charge is -2.45. The molecule has 1 aromatic carbocycles. The van der Waals surface area contributed by atoms with Crippen LogP contribution in [0.25, 0.3) is 0 Å². The minimum Gasteiger partial charge on any atom is -0.444 e. The molecule has 2 saturated heterocycles. The lowest BCUT2D eigenvalue weighted by Crippen LogP contribution is -2.59. The van der Waals surface area contributed by atoms with E-state index in [4.69, 9.17) is 15.2 Å². The van der Waals surface area contributed by atoms with Gasteiger partial charge < -0.3 is 30.3 Å². The SMILES string of the molecule is C[C@H]1CN(C(=O)C(=O)Nc2cnc(N)c(C3COC3)c2)[C@@H](c2ccc(F)cc2)CN1C(=O)OC(C)(C)C. The van der Waals surface area contributed by atoms with Crippen LogP contribution < -0.4 is 11.1 Å². The van der Waals surface area contributed by atoms with E-state index in [0.29, 0.717) is 30.3 Å². The normalized spacial score (nSPS) is 20.2. The van der Waals surface area contributed by atoms with Crippen LogP contribution in [0.4, 0.5) is 20.7 Å². The number of pyridine rings is 1. The van der Waals surface area contributed by atoms with Crippen LogP contribution in [0, 0.1) is 5.82 Å². The molecule has 4 rings (SSSR count). The van der Waals surface area contributed by atoms with Crippen molar-refractivity contribution in [2.45, 2.75) is 51.3 Å². The molecule has 0 aliphatic carbocycles. The van der Waals surface area contributed by atoms with E-state index in [9.17, 15) is 18.8 Å². The number of amides is 3. The van der Waals surface area contributed by atoms with E-state index in [0.717, 1.165) is 5.56 Å². The van der Waals surface area contributed by atoms with Gasteiger partial charge in [0.05, 0.1) is 31.1 Å². The largest absolute Gasteiger partial charge is 0.444 e. The molecule has 2 fully saturated rings. The molecule has 2 aliphatic rings. The summed E-state index contributed by atoms with van der Waals surface area (Å²) in [6.07, 6.45) is 0.869. The fourth-order valence-electron chi connectivity index (χ4n) is 4.36. The summed E-state index contributed by atoms with van der Waals surface area (Å²) in [5.41, 5.74) is 6.94. The van der Waals surface area contributed by atoms with Crippen LogP contribution in [0.2, 0.25) is 0 Å². The molecule has 2 atom stereocenters. The van der Waals surface area contributed by atoms with Crippen LogP contribution in [0.3, 0.4) is 0 Å². The first-order chi connectivity index (χ1) is 17.4. The molecule has 0 bridgehead atoms. The Labute approximate surface area is 214 Å². The van der Waals surface area contributed by atoms with Gasteiger partial charge in [-0.15, -0.1) is 0 Å². The Hall–Kier alpha value is -3.73. The molecule has 2 aromatic rings. The summed E-state index contributed by atoms with van der Waals surface area (Å²) in [7, 11) is 0. The van der Waals surface area contributed by atoms with Gasteiger partial charge in [-0.05, 0) is 51.5 Å². The van der Waals surface area contributed by atoms with Crippen molar-refractivity contribution in [3.63, 3.8) is 0 Å². The minimum atomic E-state index is -0.854. The lowest BCUT2D eigenvalue weighted by atomic mass is 9.98. The Morgan fingerprint density at radius 2 is 1.81 bits per heavy atom. The summed E-state index contributed by atoms with van der Waals surface area (Å²) in [5, 5.41) is 2.62. The van der Waals surface area contributed by atoms with Crippen molar-refractivity contribution < 1.29 is 28.2 Å². The average molecular weight is 514 g/mol. The number of nitrogens with zero attached hydrogens (tertiary/aromatic N) is 3. The summed E-state index contributed by atoms with van der Waals surface area (Å²) >= 11 is 0. The number of hydrogen-bond donors (Lipinski definition) is 2. The number of carbonyl (C=O) groups is 3. The van der Waals surface area contributed by atoms with Crippen molar-refractivity contribution in [1.82, 2.24) is 14.8 Å². The number of anilines is 2. The maximum Gasteiger partial charge on any atom is 0.410 e. The van der Waals surface area contributed by atoms with Crippen LogP contribution >= 0.6 is 0 Å². The molecule has 198 valence electrons. The van der Waals surface area contributed by atoms with Gasteiger partial charge in [0.15, 0.2) is 0 Å². The highest BCUT2D eigenvalue weighted by Crippen LogP contribution is 2.31. The predicted octanol–water partition coefficient (Wildman–Crippen LogP) is 3.06. The Morgan fingerprint density at radius 3 is 2.41 bits per heavy atom. The number of ether oxygens (including phenoxy) is 2. The number of hydrogen-bond acceptors (Lipinski definition) is 7. The summed E-state index contributed by atoms with van der Waals surface area (Å²) in [4.78, 5) is 46.4. The Kier molecular flexibility index (Phi) is 7.35. The van der Waals surface area contributed by atoms with Gasteiger partial charge in [-0.2, -0.15) is 0 Å². The molecular formula is C26H32FN5O5. The predicted molar refractivity (Wildman–Crippen MR) is 134 cm³/mol. The number of carbonyl (C=O) groups excluding carboxylic acids is 3. The second-order valence-corrected chi connectivity index (χ2v) is 10.4. The molecular weight excluding hydrogens is 481 g/mol. The molecule has 0 spiro atoms. The van der Waals surface area contributed by atoms with E-state index >= 15 is 0 Å². The zero-order valence-corrected chi connectivity index (χ0v) is 21.4. The van der Waals surface area contributed by atoms with Gasteiger partial charge in [-0.3, -0.25) is 9.59 Å². The van der Waals surface area contributed by atoms with Crippen molar-refractivity contribution >= 4 is 29.4 Å². The van der Waals surface area contributed by atoms with Crippen molar-refractivity contribution in [1.29, 1.82) is 0 Å². The number of halogens is 1. The van der Waals surface area contributed by atoms with Crippen molar-refractivity contribution in [3.8, 4) is 0 Å². The van der Waals surface area contributed by atoms with Crippen molar-refractivity contribution in [3.05, 3.63) is 53.5 Å². The smallest absolute Gasteiger partial charge is 0.410 e. The van der Waals surface area contributed by atoms with Gasteiger partial charge >= 0.3 is 17.9 Å². The second kappa shape index (κ2) is 10.3. The van der Waals surface area contributed by atoms with E-state index in [2.05, 4.69) is 10.3 Å². The minimum absolute atomic E-state index is 0.0794. The van der Waals surface area contributed by atoms with E-state index in [1.54, 1.807) is 33.8 Å². The number of rotatable bonds is 3. The first kappa shape index (κ1) is 26.3. The molecule has 0 radical (unpaired) electrons. The maximum absolute atomic E-state index is 13.6. The fourth-order valence-corrected chi connectivity index (χ4v) is 4.36. The topological polar surface area (TPSA) is 127 Å². The van der Waals surface area contributed by atoms with Gasteiger partial charge in [0.2, 0.25) is 0 Å². The summed E-state index contributed by atoms with van der Waals surface area (Å²) < 4.78 is 24.4. The molecule has 0 unspecified atom stereocenters. The zero-order valence-electron chi connectivity index (χ0n) is 21.4. The van der Waals surface area contributed by atoms with Crippen LogP contribution in [-0.2, 0) is 19.1 Å². The van der Waals surface area contributed by atoms with Crippen LogP contribution in [0.15, 0.2) is 36.5 Å². The molecule has 0 saturated carbocycles. The number of aromatic nitrogens is 1. The fraction of sp³-hybridized carbons (Fsp3) is 0.462. The molecule has 37 heavy (non-hydrogen) atoms. The maximum atomic E-state index is 13.6. The molecule has 3 N–H and O–H groups in total. The highest BCUT2D eigenvalue weighted by molar-refractivity contribution is 6.39. The first-order valence-electron chi connectivity index (χ1n) is 12.1. The Balaban J connectivity index is 1.56. The van der Waals surface area contributed by atoms with Crippen molar-refractivity contribution in [2.75, 3.05) is 37.4 Å². The molecule has 3 heterocycles. The average Bonchev–Trinajstić information content (AvgIpc) is 2.79. The number of nitrogen functional groups attached to an aromatic ring is 1. The molecule has 1 aromatic heterocycles. The highest BCUT2D eigenvalue weighted by Gasteiger charge is 2.41. The molecule has 11 heteroatoms. The quantitative estimate of drug-likeness (QED) is 0.604. The monoisotopic (exact) mass is 513 g/mol. The third kappa shape index (κ3) is 5.99. The lowest BCUT2D eigenvalue weighted by molar-refractivity contribution is -0.147.